The van der Waals surface area contributed by atoms with Crippen LogP contribution in [0.2, 0.25) is 0 Å². The van der Waals surface area contributed by atoms with Crippen molar-refractivity contribution in [3.63, 3.8) is 0 Å². The largest absolute Gasteiger partial charge is 0.271 e. The van der Waals surface area contributed by atoms with Crippen LogP contribution < -0.4 is 11.3 Å². The fraction of sp³-hybridized carbons (Fsp3) is 0.778. The van der Waals surface area contributed by atoms with Crippen LogP contribution in [0.1, 0.15) is 39.5 Å². The standard InChI is InChI=1S/C9H20N2/c1-4-6-8-9(3,11-10)7-5-2/h5,11H,2,4,6-8,10H2,1,3H3. The van der Waals surface area contributed by atoms with Crippen LogP contribution in [-0.2, 0) is 0 Å². The van der Waals surface area contributed by atoms with Gasteiger partial charge >= 0.3 is 0 Å². The highest BCUT2D eigenvalue weighted by Gasteiger charge is 2.18. The van der Waals surface area contributed by atoms with Gasteiger partial charge in [-0.2, -0.15) is 0 Å². The van der Waals surface area contributed by atoms with E-state index in [-0.39, 0.29) is 5.54 Å². The first kappa shape index (κ1) is 10.7. The van der Waals surface area contributed by atoms with Gasteiger partial charge in [0.05, 0.1) is 0 Å². The molecule has 0 aliphatic rings. The van der Waals surface area contributed by atoms with Crippen LogP contribution in [0.5, 0.6) is 0 Å². The Bertz CT molecular complexity index is 112. The van der Waals surface area contributed by atoms with Gasteiger partial charge in [-0.25, -0.2) is 0 Å². The molecule has 0 spiro atoms. The van der Waals surface area contributed by atoms with Crippen molar-refractivity contribution in [2.45, 2.75) is 45.1 Å². The van der Waals surface area contributed by atoms with Crippen molar-refractivity contribution in [2.75, 3.05) is 0 Å². The maximum atomic E-state index is 5.44. The van der Waals surface area contributed by atoms with Crippen LogP contribution in [0.15, 0.2) is 12.7 Å². The first-order chi connectivity index (χ1) is 5.18. The molecule has 3 N–H and O–H groups in total. The Morgan fingerprint density at radius 3 is 2.64 bits per heavy atom. The Kier molecular flexibility index (Phi) is 5.16. The molecular weight excluding hydrogens is 136 g/mol. The smallest absolute Gasteiger partial charge is 0.0327 e. The summed E-state index contributed by atoms with van der Waals surface area (Å²) in [6, 6.07) is 0. The molecule has 66 valence electrons. The summed E-state index contributed by atoms with van der Waals surface area (Å²) in [5, 5.41) is 0. The van der Waals surface area contributed by atoms with Gasteiger partial charge in [-0.1, -0.05) is 25.8 Å². The second-order valence-corrected chi connectivity index (χ2v) is 3.30. The van der Waals surface area contributed by atoms with Crippen LogP contribution in [0.25, 0.3) is 0 Å². The van der Waals surface area contributed by atoms with E-state index >= 15 is 0 Å². The Hall–Kier alpha value is -0.340. The first-order valence-electron chi connectivity index (χ1n) is 4.27. The lowest BCUT2D eigenvalue weighted by Gasteiger charge is -2.27. The van der Waals surface area contributed by atoms with Gasteiger partial charge in [0, 0.05) is 5.54 Å². The summed E-state index contributed by atoms with van der Waals surface area (Å²) in [5.41, 5.74) is 2.90. The van der Waals surface area contributed by atoms with Crippen molar-refractivity contribution in [3.05, 3.63) is 12.7 Å². The zero-order valence-corrected chi connectivity index (χ0v) is 7.69. The van der Waals surface area contributed by atoms with Crippen molar-refractivity contribution >= 4 is 0 Å². The van der Waals surface area contributed by atoms with E-state index in [1.807, 2.05) is 6.08 Å². The number of unbranched alkanes of at least 4 members (excludes halogenated alkanes) is 1. The normalized spacial score (nSPS) is 15.9. The fourth-order valence-electron chi connectivity index (χ4n) is 1.12. The van der Waals surface area contributed by atoms with Crippen LogP contribution in [-0.4, -0.2) is 5.54 Å². The molecule has 1 unspecified atom stereocenters. The number of rotatable bonds is 6. The van der Waals surface area contributed by atoms with E-state index in [4.69, 9.17) is 5.84 Å². The van der Waals surface area contributed by atoms with Crippen molar-refractivity contribution in [2.24, 2.45) is 5.84 Å². The van der Waals surface area contributed by atoms with E-state index in [9.17, 15) is 0 Å². The maximum absolute atomic E-state index is 5.44. The highest BCUT2D eigenvalue weighted by Crippen LogP contribution is 2.16. The third kappa shape index (κ3) is 4.17. The monoisotopic (exact) mass is 156 g/mol. The van der Waals surface area contributed by atoms with E-state index in [0.717, 1.165) is 12.8 Å². The number of nitrogens with one attached hydrogen (secondary N) is 1. The second kappa shape index (κ2) is 5.33. The summed E-state index contributed by atoms with van der Waals surface area (Å²) in [6.45, 7) is 8.02. The molecule has 0 aliphatic heterocycles. The number of hydrogen-bond donors (Lipinski definition) is 2. The van der Waals surface area contributed by atoms with E-state index in [0.29, 0.717) is 0 Å². The third-order valence-electron chi connectivity index (χ3n) is 2.03. The first-order valence-corrected chi connectivity index (χ1v) is 4.27. The average molecular weight is 156 g/mol. The van der Waals surface area contributed by atoms with Crippen molar-refractivity contribution in [3.8, 4) is 0 Å². The summed E-state index contributed by atoms with van der Waals surface area (Å²) >= 11 is 0. The SMILES string of the molecule is C=CCC(C)(CCCC)NN. The Labute approximate surface area is 69.8 Å². The zero-order chi connectivity index (χ0) is 8.74. The van der Waals surface area contributed by atoms with Gasteiger partial charge in [0.1, 0.15) is 0 Å². The molecule has 0 aromatic rings. The van der Waals surface area contributed by atoms with Gasteiger partial charge in [-0.05, 0) is 19.8 Å². The molecule has 0 fully saturated rings. The molecule has 0 radical (unpaired) electrons. The molecule has 2 nitrogen and oxygen atoms in total. The second-order valence-electron chi connectivity index (χ2n) is 3.30. The van der Waals surface area contributed by atoms with Gasteiger partial charge in [0.2, 0.25) is 0 Å². The van der Waals surface area contributed by atoms with Gasteiger partial charge in [-0.15, -0.1) is 6.58 Å². The maximum Gasteiger partial charge on any atom is 0.0327 e. The van der Waals surface area contributed by atoms with Crippen LogP contribution in [0.4, 0.5) is 0 Å². The van der Waals surface area contributed by atoms with Crippen LogP contribution in [0.3, 0.4) is 0 Å². The Balaban J connectivity index is 3.77. The Morgan fingerprint density at radius 1 is 1.64 bits per heavy atom. The average Bonchev–Trinajstić information content (AvgIpc) is 2.02. The molecule has 1 atom stereocenters. The molecule has 0 aromatic heterocycles. The van der Waals surface area contributed by atoms with E-state index in [1.165, 1.54) is 12.8 Å². The zero-order valence-electron chi connectivity index (χ0n) is 7.69. The van der Waals surface area contributed by atoms with Crippen LogP contribution >= 0.6 is 0 Å². The lowest BCUT2D eigenvalue weighted by atomic mass is 9.92. The van der Waals surface area contributed by atoms with Crippen molar-refractivity contribution in [1.29, 1.82) is 0 Å². The minimum absolute atomic E-state index is 0.0533. The summed E-state index contributed by atoms with van der Waals surface area (Å²) < 4.78 is 0. The quantitative estimate of drug-likeness (QED) is 0.350. The molecule has 0 amide bonds. The minimum atomic E-state index is 0.0533. The van der Waals surface area contributed by atoms with E-state index < -0.39 is 0 Å². The van der Waals surface area contributed by atoms with E-state index in [2.05, 4.69) is 25.9 Å². The van der Waals surface area contributed by atoms with E-state index in [1.54, 1.807) is 0 Å². The molecule has 0 saturated carbocycles. The van der Waals surface area contributed by atoms with Crippen LogP contribution in [0, 0.1) is 0 Å². The number of hydrogen-bond acceptors (Lipinski definition) is 2. The molecular formula is C9H20N2. The summed E-state index contributed by atoms with van der Waals surface area (Å²) in [6.07, 6.45) is 6.40. The molecule has 0 rings (SSSR count). The van der Waals surface area contributed by atoms with Gasteiger partial charge < -0.3 is 0 Å². The minimum Gasteiger partial charge on any atom is -0.271 e. The third-order valence-corrected chi connectivity index (χ3v) is 2.03. The predicted octanol–water partition coefficient (Wildman–Crippen LogP) is 1.97. The summed E-state index contributed by atoms with van der Waals surface area (Å²) in [7, 11) is 0. The summed E-state index contributed by atoms with van der Waals surface area (Å²) in [4.78, 5) is 0. The fourth-order valence-corrected chi connectivity index (χ4v) is 1.12. The lowest BCUT2D eigenvalue weighted by molar-refractivity contribution is 0.330. The molecule has 0 aliphatic carbocycles. The lowest BCUT2D eigenvalue weighted by Crippen LogP contribution is -2.46. The molecule has 0 aromatic carbocycles. The van der Waals surface area contributed by atoms with Gasteiger partial charge in [0.15, 0.2) is 0 Å². The highest BCUT2D eigenvalue weighted by atomic mass is 15.3. The van der Waals surface area contributed by atoms with Crippen molar-refractivity contribution < 1.29 is 0 Å². The molecule has 0 saturated heterocycles. The molecule has 2 heteroatoms. The number of hydrazine groups is 1. The highest BCUT2D eigenvalue weighted by molar-refractivity contribution is 4.88. The molecule has 0 bridgehead atoms. The van der Waals surface area contributed by atoms with Crippen molar-refractivity contribution in [1.82, 2.24) is 5.43 Å². The summed E-state index contributed by atoms with van der Waals surface area (Å²) in [5.74, 6) is 5.44. The number of nitrogens with two attached hydrogens (primary N) is 1. The molecule has 0 heterocycles. The predicted molar refractivity (Wildman–Crippen MR) is 50.1 cm³/mol. The van der Waals surface area contributed by atoms with Gasteiger partial charge in [-0.3, -0.25) is 11.3 Å². The Morgan fingerprint density at radius 2 is 2.27 bits per heavy atom. The topological polar surface area (TPSA) is 38.0 Å². The van der Waals surface area contributed by atoms with Gasteiger partial charge in [0.25, 0.3) is 0 Å². The molecule has 11 heavy (non-hydrogen) atoms.